The first-order chi connectivity index (χ1) is 17.8. The highest BCUT2D eigenvalue weighted by Crippen LogP contribution is 2.36. The summed E-state index contributed by atoms with van der Waals surface area (Å²) in [5, 5.41) is 28.4. The van der Waals surface area contributed by atoms with Crippen molar-refractivity contribution in [2.75, 3.05) is 0 Å². The first-order valence-electron chi connectivity index (χ1n) is 12.9. The van der Waals surface area contributed by atoms with Crippen molar-refractivity contribution in [3.05, 3.63) is 79.9 Å². The lowest BCUT2D eigenvalue weighted by molar-refractivity contribution is -0.385. The zero-order valence-electron chi connectivity index (χ0n) is 20.6. The van der Waals surface area contributed by atoms with E-state index in [2.05, 4.69) is 10.6 Å². The Hall–Kier alpha value is -3.82. The van der Waals surface area contributed by atoms with Crippen LogP contribution in [0.2, 0.25) is 0 Å². The van der Waals surface area contributed by atoms with Gasteiger partial charge in [0.2, 0.25) is 0 Å². The van der Waals surface area contributed by atoms with E-state index < -0.39 is 21.7 Å². The quantitative estimate of drug-likeness (QED) is 0.372. The van der Waals surface area contributed by atoms with Gasteiger partial charge in [0.25, 0.3) is 23.2 Å². The number of carbonyl (C=O) groups is 2. The zero-order chi connectivity index (χ0) is 26.4. The number of rotatable bonds is 8. The number of nitro groups is 2. The Morgan fingerprint density at radius 2 is 1.00 bits per heavy atom. The van der Waals surface area contributed by atoms with E-state index in [0.29, 0.717) is 11.8 Å². The first kappa shape index (κ1) is 26.2. The third-order valence-electron chi connectivity index (χ3n) is 7.72. The van der Waals surface area contributed by atoms with Crippen LogP contribution in [0.3, 0.4) is 0 Å². The molecule has 0 aromatic heterocycles. The summed E-state index contributed by atoms with van der Waals surface area (Å²) in [6.07, 6.45) is 8.60. The van der Waals surface area contributed by atoms with Gasteiger partial charge in [-0.15, -0.1) is 0 Å². The van der Waals surface area contributed by atoms with Crippen molar-refractivity contribution in [2.45, 2.75) is 69.9 Å². The second-order valence-electron chi connectivity index (χ2n) is 10.2. The van der Waals surface area contributed by atoms with Gasteiger partial charge in [0.1, 0.15) is 11.1 Å². The molecule has 2 fully saturated rings. The molecule has 10 heteroatoms. The number of nitrogens with one attached hydrogen (secondary N) is 2. The Kier molecular flexibility index (Phi) is 8.47. The molecule has 0 aliphatic heterocycles. The van der Waals surface area contributed by atoms with Crippen molar-refractivity contribution >= 4 is 23.2 Å². The standard InChI is InChI=1S/C27H32N4O6/c32-26(22-5-1-3-7-24(22)30(34)35)28-20-13-9-18(10-14-20)17-19-11-15-21(16-12-19)29-27(33)23-6-2-4-8-25(23)31(36)37/h1-8,18-21H,9-17H2,(H,28,32)(H,29,33). The van der Waals surface area contributed by atoms with Crippen LogP contribution in [0, 0.1) is 32.1 Å². The SMILES string of the molecule is O=C(NC1CCC(CC2CCC(NC(=O)c3ccccc3[N+](=O)[O-])CC2)CC1)c1ccccc1[N+](=O)[O-]. The summed E-state index contributed by atoms with van der Waals surface area (Å²) in [4.78, 5) is 46.6. The maximum atomic E-state index is 12.6. The van der Waals surface area contributed by atoms with Crippen molar-refractivity contribution in [3.8, 4) is 0 Å². The van der Waals surface area contributed by atoms with Gasteiger partial charge in [-0.25, -0.2) is 0 Å². The van der Waals surface area contributed by atoms with Crippen LogP contribution in [0.1, 0.15) is 78.5 Å². The van der Waals surface area contributed by atoms with Crippen molar-refractivity contribution in [1.29, 1.82) is 0 Å². The molecular weight excluding hydrogens is 476 g/mol. The molecule has 10 nitrogen and oxygen atoms in total. The normalized spacial score (nSPS) is 23.6. The summed E-state index contributed by atoms with van der Waals surface area (Å²) >= 11 is 0. The molecule has 0 unspecified atom stereocenters. The van der Waals surface area contributed by atoms with Crippen LogP contribution < -0.4 is 10.6 Å². The largest absolute Gasteiger partial charge is 0.349 e. The van der Waals surface area contributed by atoms with E-state index in [9.17, 15) is 29.8 Å². The summed E-state index contributed by atoms with van der Waals surface area (Å²) < 4.78 is 0. The van der Waals surface area contributed by atoms with Gasteiger partial charge in [-0.05, 0) is 81.8 Å². The molecule has 2 N–H and O–H groups in total. The second-order valence-corrected chi connectivity index (χ2v) is 10.2. The third-order valence-corrected chi connectivity index (χ3v) is 7.72. The Balaban J connectivity index is 1.19. The van der Waals surface area contributed by atoms with Crippen molar-refractivity contribution in [3.63, 3.8) is 0 Å². The highest BCUT2D eigenvalue weighted by atomic mass is 16.6. The third kappa shape index (κ3) is 6.69. The molecule has 4 rings (SSSR count). The van der Waals surface area contributed by atoms with Crippen LogP contribution >= 0.6 is 0 Å². The smallest absolute Gasteiger partial charge is 0.282 e. The Morgan fingerprint density at radius 3 is 1.35 bits per heavy atom. The molecule has 2 aliphatic rings. The fourth-order valence-corrected chi connectivity index (χ4v) is 5.73. The molecule has 0 bridgehead atoms. The number of amides is 2. The van der Waals surface area contributed by atoms with Crippen LogP contribution in [-0.2, 0) is 0 Å². The molecular formula is C27H32N4O6. The number of benzene rings is 2. The van der Waals surface area contributed by atoms with Gasteiger partial charge in [0.05, 0.1) is 9.85 Å². The topological polar surface area (TPSA) is 144 Å². The summed E-state index contributed by atoms with van der Waals surface area (Å²) in [6.45, 7) is 0. The molecule has 2 aromatic carbocycles. The lowest BCUT2D eigenvalue weighted by atomic mass is 9.75. The van der Waals surface area contributed by atoms with E-state index in [1.165, 1.54) is 24.3 Å². The maximum Gasteiger partial charge on any atom is 0.282 e. The fraction of sp³-hybridized carbons (Fsp3) is 0.481. The Morgan fingerprint density at radius 1 is 0.649 bits per heavy atom. The summed E-state index contributed by atoms with van der Waals surface area (Å²) in [6, 6.07) is 12.1. The molecule has 0 radical (unpaired) electrons. The van der Waals surface area contributed by atoms with Crippen molar-refractivity contribution in [1.82, 2.24) is 10.6 Å². The predicted octanol–water partition coefficient (Wildman–Crippen LogP) is 5.17. The van der Waals surface area contributed by atoms with Crippen molar-refractivity contribution < 1.29 is 19.4 Å². The highest BCUT2D eigenvalue weighted by molar-refractivity contribution is 5.98. The second kappa shape index (κ2) is 11.9. The van der Waals surface area contributed by atoms with E-state index >= 15 is 0 Å². The van der Waals surface area contributed by atoms with Crippen LogP contribution in [0.25, 0.3) is 0 Å². The van der Waals surface area contributed by atoms with Crippen molar-refractivity contribution in [2.24, 2.45) is 11.8 Å². The van der Waals surface area contributed by atoms with Crippen LogP contribution in [-0.4, -0.2) is 33.7 Å². The number of hydrogen-bond donors (Lipinski definition) is 2. The van der Waals surface area contributed by atoms with Gasteiger partial charge in [-0.2, -0.15) is 0 Å². The Bertz CT molecular complexity index is 1060. The van der Waals surface area contributed by atoms with Gasteiger partial charge in [0.15, 0.2) is 0 Å². The van der Waals surface area contributed by atoms with E-state index in [1.54, 1.807) is 24.3 Å². The number of carbonyl (C=O) groups excluding carboxylic acids is 2. The molecule has 2 aliphatic carbocycles. The molecule has 0 heterocycles. The average molecular weight is 509 g/mol. The van der Waals surface area contributed by atoms with Crippen LogP contribution in [0.4, 0.5) is 11.4 Å². The minimum atomic E-state index is -0.530. The molecule has 37 heavy (non-hydrogen) atoms. The van der Waals surface area contributed by atoms with E-state index in [-0.39, 0.29) is 34.6 Å². The minimum Gasteiger partial charge on any atom is -0.349 e. The van der Waals surface area contributed by atoms with Gasteiger partial charge < -0.3 is 10.6 Å². The average Bonchev–Trinajstić information content (AvgIpc) is 2.90. The first-order valence-corrected chi connectivity index (χ1v) is 12.9. The minimum absolute atomic E-state index is 0.0246. The van der Waals surface area contributed by atoms with Gasteiger partial charge in [0, 0.05) is 24.2 Å². The monoisotopic (exact) mass is 508 g/mol. The lowest BCUT2D eigenvalue weighted by Gasteiger charge is -2.34. The summed E-state index contributed by atoms with van der Waals surface area (Å²) in [5.41, 5.74) is -0.161. The number of nitro benzene ring substituents is 2. The molecule has 0 saturated heterocycles. The summed E-state index contributed by atoms with van der Waals surface area (Å²) in [7, 11) is 0. The highest BCUT2D eigenvalue weighted by Gasteiger charge is 2.30. The van der Waals surface area contributed by atoms with Crippen LogP contribution in [0.5, 0.6) is 0 Å². The zero-order valence-corrected chi connectivity index (χ0v) is 20.6. The van der Waals surface area contributed by atoms with Gasteiger partial charge in [-0.3, -0.25) is 29.8 Å². The molecule has 196 valence electrons. The number of hydrogen-bond acceptors (Lipinski definition) is 6. The van der Waals surface area contributed by atoms with E-state index in [0.717, 1.165) is 57.8 Å². The van der Waals surface area contributed by atoms with E-state index in [4.69, 9.17) is 0 Å². The Labute approximate surface area is 215 Å². The van der Waals surface area contributed by atoms with E-state index in [1.807, 2.05) is 0 Å². The summed E-state index contributed by atoms with van der Waals surface area (Å²) in [5.74, 6) is 0.388. The number of nitrogens with zero attached hydrogens (tertiary/aromatic N) is 2. The van der Waals surface area contributed by atoms with Crippen LogP contribution in [0.15, 0.2) is 48.5 Å². The lowest BCUT2D eigenvalue weighted by Crippen LogP contribution is -2.39. The van der Waals surface area contributed by atoms with Gasteiger partial charge >= 0.3 is 0 Å². The number of para-hydroxylation sites is 2. The molecule has 0 atom stereocenters. The molecule has 2 amide bonds. The fourth-order valence-electron chi connectivity index (χ4n) is 5.73. The molecule has 2 aromatic rings. The maximum absolute atomic E-state index is 12.6. The molecule has 2 saturated carbocycles. The molecule has 0 spiro atoms. The predicted molar refractivity (Wildman–Crippen MR) is 137 cm³/mol. The van der Waals surface area contributed by atoms with Gasteiger partial charge in [-0.1, -0.05) is 24.3 Å².